The molecule has 6 heterocycles. The fourth-order valence-electron chi connectivity index (χ4n) is 5.04. The van der Waals surface area contributed by atoms with Gasteiger partial charge in [0.15, 0.2) is 0 Å². The number of halogens is 1. The summed E-state index contributed by atoms with van der Waals surface area (Å²) in [6.45, 7) is 0. The number of benzene rings is 3. The number of hydrogen-bond acceptors (Lipinski definition) is 4. The molecule has 3 aromatic carbocycles. The summed E-state index contributed by atoms with van der Waals surface area (Å²) in [6.07, 6.45) is 34.8. The number of fused-ring (bicyclic) bond motifs is 9. The second-order valence-corrected chi connectivity index (χ2v) is 10.8. The Hall–Kier alpha value is -5.23. The fourth-order valence-corrected chi connectivity index (χ4v) is 5.04. The Morgan fingerprint density at radius 3 is 0.604 bits per heavy atom. The van der Waals surface area contributed by atoms with Gasteiger partial charge in [-0.25, -0.2) is 18.6 Å². The summed E-state index contributed by atoms with van der Waals surface area (Å²) in [4.78, 5) is 0. The third kappa shape index (κ3) is 8.37. The van der Waals surface area contributed by atoms with Gasteiger partial charge < -0.3 is 31.9 Å². The Bertz CT molecular complexity index is 1870. The van der Waals surface area contributed by atoms with Crippen molar-refractivity contribution in [1.29, 1.82) is 0 Å². The minimum Gasteiger partial charge on any atom is -0.665 e. The predicted octanol–water partition coefficient (Wildman–Crippen LogP) is 2.18. The average Bonchev–Trinajstić information content (AvgIpc) is 3.11. The van der Waals surface area contributed by atoms with Gasteiger partial charge in [-0.05, 0) is 31.3 Å². The molecule has 6 aliphatic rings. The number of allylic oxidation sites excluding steroid dienone is 6. The maximum absolute atomic E-state index is 8.49. The van der Waals surface area contributed by atoms with Gasteiger partial charge in [0.25, 0.3) is 0 Å². The van der Waals surface area contributed by atoms with Crippen LogP contribution in [0.25, 0.3) is 68.4 Å². The first kappa shape index (κ1) is 34.1. The standard InChI is InChI=1S/3C12H8N2.ClHO4.Fe/c3*1-3-9-5-6-10-4-2-8-14-12(10)11(9)13-7-1;2-1(3,4)5;/h3*1-8H;(H,2,3,4,5);/q3*-2;;+2/p-1. The topological polar surface area (TPSA) is 177 Å². The van der Waals surface area contributed by atoms with E-state index >= 15 is 0 Å². The van der Waals surface area contributed by atoms with Crippen molar-refractivity contribution in [2.75, 3.05) is 0 Å². The second kappa shape index (κ2) is 15.6. The molecule has 0 unspecified atom stereocenters. The van der Waals surface area contributed by atoms with Gasteiger partial charge in [-0.15, -0.1) is 44.4 Å². The smallest absolute Gasteiger partial charge is 0.665 e. The molecule has 0 spiro atoms. The van der Waals surface area contributed by atoms with Crippen LogP contribution in [0.5, 0.6) is 0 Å². The molecule has 3 aromatic rings. The van der Waals surface area contributed by atoms with E-state index in [-0.39, 0.29) is 17.1 Å². The Kier molecular flexibility index (Phi) is 11.1. The molecule has 9 rings (SSSR count). The molecule has 0 amide bonds. The molecule has 0 N–H and O–H groups in total. The summed E-state index contributed by atoms with van der Waals surface area (Å²) in [5, 5.41) is 32.9. The minimum absolute atomic E-state index is 0. The normalized spacial score (nSPS) is 14.8. The third-order valence-electron chi connectivity index (χ3n) is 7.03. The first-order chi connectivity index (χ1) is 22.8. The van der Waals surface area contributed by atoms with E-state index in [2.05, 4.69) is 105 Å². The van der Waals surface area contributed by atoms with Crippen LogP contribution < -0.4 is 49.9 Å². The fraction of sp³-hybridized carbons (Fsp3) is 0. The van der Waals surface area contributed by atoms with Crippen molar-refractivity contribution in [1.82, 2.24) is 0 Å². The van der Waals surface area contributed by atoms with Crippen molar-refractivity contribution >= 4 is 70.6 Å². The largest absolute Gasteiger partial charge is 2.00 e. The third-order valence-corrected chi connectivity index (χ3v) is 7.03. The second-order valence-electron chi connectivity index (χ2n) is 10.0. The van der Waals surface area contributed by atoms with Crippen molar-refractivity contribution in [3.05, 3.63) is 173 Å². The van der Waals surface area contributed by atoms with Crippen molar-refractivity contribution in [2.24, 2.45) is 0 Å². The van der Waals surface area contributed by atoms with Gasteiger partial charge in [-0.1, -0.05) is 109 Å². The van der Waals surface area contributed by atoms with Crippen LogP contribution in [0.1, 0.15) is 0 Å². The summed E-state index contributed by atoms with van der Waals surface area (Å²) < 4.78 is 34.0. The van der Waals surface area contributed by atoms with Gasteiger partial charge in [0.1, 0.15) is 0 Å². The summed E-state index contributed by atoms with van der Waals surface area (Å²) in [5.74, 6) is 0. The number of rotatable bonds is 0. The van der Waals surface area contributed by atoms with Crippen molar-refractivity contribution in [3.63, 3.8) is 0 Å². The molecular formula is C36H24ClFeN6O4-5. The molecule has 0 bridgehead atoms. The van der Waals surface area contributed by atoms with E-state index in [9.17, 15) is 0 Å². The van der Waals surface area contributed by atoms with E-state index < -0.39 is 10.2 Å². The first-order valence-corrected chi connectivity index (χ1v) is 15.5. The molecule has 242 valence electrons. The Morgan fingerprint density at radius 1 is 0.312 bits per heavy atom. The SMILES string of the molecule is C1=C[N-]c2c3c(ccc2=C1)=CC=C[N-]3.C1=C[N-]c2c3c(ccc2=C1)=CC=C[N-]3.C1=C[N-]c2c3c(ccc2=C1)=CC=C[N-]3.[Fe+2].[O-][Cl+3]([O-])([O-])[O-]. The van der Waals surface area contributed by atoms with Crippen LogP contribution in [0.15, 0.2) is 110 Å². The van der Waals surface area contributed by atoms with Gasteiger partial charge >= 0.3 is 17.1 Å². The Morgan fingerprint density at radius 2 is 0.458 bits per heavy atom. The number of hydrogen-bond donors (Lipinski definition) is 0. The van der Waals surface area contributed by atoms with Gasteiger partial charge in [-0.2, -0.15) is 37.2 Å². The van der Waals surface area contributed by atoms with Crippen LogP contribution in [0.3, 0.4) is 0 Å². The summed E-state index contributed by atoms with van der Waals surface area (Å²) in [6, 6.07) is 12.5. The van der Waals surface area contributed by atoms with E-state index in [1.54, 1.807) is 37.2 Å². The molecule has 48 heavy (non-hydrogen) atoms. The van der Waals surface area contributed by atoms with E-state index in [1.165, 1.54) is 0 Å². The van der Waals surface area contributed by atoms with E-state index in [4.69, 9.17) is 18.6 Å². The Balaban J connectivity index is 0.000000130. The molecule has 0 aromatic heterocycles. The van der Waals surface area contributed by atoms with Crippen LogP contribution in [0.4, 0.5) is 34.1 Å². The van der Waals surface area contributed by atoms with Crippen molar-refractivity contribution in [3.8, 4) is 0 Å². The van der Waals surface area contributed by atoms with Crippen LogP contribution >= 0.6 is 0 Å². The zero-order valence-electron chi connectivity index (χ0n) is 24.9. The molecule has 6 aliphatic heterocycles. The van der Waals surface area contributed by atoms with Crippen LogP contribution in [-0.4, -0.2) is 0 Å². The zero-order valence-corrected chi connectivity index (χ0v) is 26.8. The van der Waals surface area contributed by atoms with E-state index in [0.29, 0.717) is 0 Å². The van der Waals surface area contributed by atoms with E-state index in [1.807, 2.05) is 36.5 Å². The Labute approximate surface area is 288 Å². The molecule has 0 atom stereocenters. The summed E-state index contributed by atoms with van der Waals surface area (Å²) in [7, 11) is -4.94. The predicted molar refractivity (Wildman–Crippen MR) is 177 cm³/mol. The van der Waals surface area contributed by atoms with Crippen molar-refractivity contribution < 1.29 is 45.9 Å². The van der Waals surface area contributed by atoms with Crippen LogP contribution in [0, 0.1) is 10.2 Å². The summed E-state index contributed by atoms with van der Waals surface area (Å²) in [5.41, 5.74) is 5.86. The van der Waals surface area contributed by atoms with Gasteiger partial charge in [0.2, 0.25) is 0 Å². The van der Waals surface area contributed by atoms with Crippen LogP contribution in [0.2, 0.25) is 0 Å². The molecule has 12 heteroatoms. The minimum atomic E-state index is -4.94. The maximum Gasteiger partial charge on any atom is 2.00 e. The first-order valence-electron chi connectivity index (χ1n) is 14.2. The van der Waals surface area contributed by atoms with Gasteiger partial charge in [-0.3, -0.25) is 0 Å². The summed E-state index contributed by atoms with van der Waals surface area (Å²) >= 11 is 0. The van der Waals surface area contributed by atoms with Gasteiger partial charge in [0.05, 0.1) is 0 Å². The zero-order chi connectivity index (χ0) is 32.6. The quantitative estimate of drug-likeness (QED) is 0.328. The monoisotopic (exact) mass is 695 g/mol. The average molecular weight is 696 g/mol. The number of nitrogens with zero attached hydrogens (tertiary/aromatic N) is 6. The van der Waals surface area contributed by atoms with Crippen molar-refractivity contribution in [2.45, 2.75) is 0 Å². The van der Waals surface area contributed by atoms with Gasteiger partial charge in [0, 0.05) is 0 Å². The van der Waals surface area contributed by atoms with E-state index in [0.717, 1.165) is 65.4 Å². The van der Waals surface area contributed by atoms with Crippen LogP contribution in [-0.2, 0) is 17.1 Å². The molecule has 0 saturated heterocycles. The molecular weight excluding hydrogens is 672 g/mol. The molecule has 0 aliphatic carbocycles. The molecule has 0 radical (unpaired) electrons. The maximum atomic E-state index is 8.49. The molecule has 0 fully saturated rings. The molecule has 0 saturated carbocycles. The molecule has 10 nitrogen and oxygen atoms in total.